The van der Waals surface area contributed by atoms with Gasteiger partial charge in [0.2, 0.25) is 0 Å². The third kappa shape index (κ3) is 3.07. The Morgan fingerprint density at radius 2 is 1.57 bits per heavy atom. The van der Waals surface area contributed by atoms with Gasteiger partial charge in [-0.3, -0.25) is 14.9 Å². The number of anilines is 1. The lowest BCUT2D eigenvalue weighted by molar-refractivity contribution is -0.122. The topological polar surface area (TPSA) is 66.5 Å². The first-order chi connectivity index (χ1) is 11.1. The van der Waals surface area contributed by atoms with Crippen LogP contribution in [0.5, 0.6) is 0 Å². The summed E-state index contributed by atoms with van der Waals surface area (Å²) < 4.78 is 0.822. The quantitative estimate of drug-likeness (QED) is 0.652. The van der Waals surface area contributed by atoms with Gasteiger partial charge in [-0.25, -0.2) is 9.69 Å². The molecule has 0 saturated carbocycles. The number of nitrogens with zero attached hydrogens (tertiary/aromatic N) is 1. The van der Waals surface area contributed by atoms with Gasteiger partial charge < -0.3 is 0 Å². The van der Waals surface area contributed by atoms with Gasteiger partial charge in [-0.2, -0.15) is 0 Å². The van der Waals surface area contributed by atoms with E-state index in [0.717, 1.165) is 9.37 Å². The van der Waals surface area contributed by atoms with Crippen molar-refractivity contribution in [1.82, 2.24) is 5.32 Å². The number of barbiturate groups is 1. The van der Waals surface area contributed by atoms with Crippen LogP contribution in [0.15, 0.2) is 64.6 Å². The Morgan fingerprint density at radius 1 is 0.913 bits per heavy atom. The maximum atomic E-state index is 12.6. The highest BCUT2D eigenvalue weighted by atomic mass is 79.9. The second kappa shape index (κ2) is 6.18. The molecule has 0 unspecified atom stereocenters. The number of hydrogen-bond donors (Lipinski definition) is 1. The van der Waals surface area contributed by atoms with E-state index in [1.807, 2.05) is 6.07 Å². The lowest BCUT2D eigenvalue weighted by atomic mass is 10.1. The van der Waals surface area contributed by atoms with E-state index in [1.54, 1.807) is 48.5 Å². The molecule has 0 radical (unpaired) electrons. The number of benzene rings is 2. The summed E-state index contributed by atoms with van der Waals surface area (Å²) in [6, 6.07) is 14.9. The van der Waals surface area contributed by atoms with E-state index in [-0.39, 0.29) is 5.57 Å². The molecule has 0 aliphatic carbocycles. The molecule has 0 bridgehead atoms. The molecule has 2 aromatic rings. The minimum absolute atomic E-state index is 0.0845. The highest BCUT2D eigenvalue weighted by molar-refractivity contribution is 9.10. The maximum absolute atomic E-state index is 12.6. The molecule has 1 N–H and O–H groups in total. The van der Waals surface area contributed by atoms with Crippen LogP contribution in [0.2, 0.25) is 0 Å². The molecule has 1 saturated heterocycles. The van der Waals surface area contributed by atoms with Crippen LogP contribution in [0.3, 0.4) is 0 Å². The van der Waals surface area contributed by atoms with Crippen molar-refractivity contribution < 1.29 is 14.4 Å². The number of nitrogens with one attached hydrogen (secondary N) is 1. The molecule has 2 aromatic carbocycles. The van der Waals surface area contributed by atoms with Crippen molar-refractivity contribution in [3.05, 3.63) is 70.2 Å². The van der Waals surface area contributed by atoms with Gasteiger partial charge in [-0.15, -0.1) is 0 Å². The zero-order valence-corrected chi connectivity index (χ0v) is 13.4. The van der Waals surface area contributed by atoms with Crippen LogP contribution in [0.4, 0.5) is 10.5 Å². The van der Waals surface area contributed by atoms with Crippen molar-refractivity contribution in [2.45, 2.75) is 0 Å². The smallest absolute Gasteiger partial charge is 0.273 e. The Labute approximate surface area is 140 Å². The number of hydrogen-bond acceptors (Lipinski definition) is 3. The lowest BCUT2D eigenvalue weighted by Gasteiger charge is -2.26. The van der Waals surface area contributed by atoms with Gasteiger partial charge in [-0.05, 0) is 35.9 Å². The van der Waals surface area contributed by atoms with Gasteiger partial charge in [-0.1, -0.05) is 46.3 Å². The summed E-state index contributed by atoms with van der Waals surface area (Å²) in [4.78, 5) is 37.6. The Kier molecular flexibility index (Phi) is 4.08. The molecule has 3 rings (SSSR count). The molecule has 1 aliphatic heterocycles. The van der Waals surface area contributed by atoms with Crippen molar-refractivity contribution in [3.8, 4) is 0 Å². The fraction of sp³-hybridized carbons (Fsp3) is 0. The fourth-order valence-corrected chi connectivity index (χ4v) is 2.46. The fourth-order valence-electron chi connectivity index (χ4n) is 2.20. The van der Waals surface area contributed by atoms with E-state index in [9.17, 15) is 14.4 Å². The molecule has 4 amide bonds. The molecule has 0 spiro atoms. The third-order valence-corrected chi connectivity index (χ3v) is 3.83. The number of rotatable bonds is 2. The maximum Gasteiger partial charge on any atom is 0.335 e. The molecule has 6 heteroatoms. The number of urea groups is 1. The van der Waals surface area contributed by atoms with Crippen molar-refractivity contribution in [1.29, 1.82) is 0 Å². The van der Waals surface area contributed by atoms with Crippen molar-refractivity contribution in [2.75, 3.05) is 4.90 Å². The Morgan fingerprint density at radius 3 is 2.22 bits per heavy atom. The molecule has 114 valence electrons. The monoisotopic (exact) mass is 370 g/mol. The minimum Gasteiger partial charge on any atom is -0.273 e. The number of amides is 4. The molecule has 0 atom stereocenters. The van der Waals surface area contributed by atoms with Crippen LogP contribution in [0.1, 0.15) is 5.56 Å². The van der Waals surface area contributed by atoms with Crippen LogP contribution in [0, 0.1) is 0 Å². The summed E-state index contributed by atoms with van der Waals surface area (Å²) in [7, 11) is 0. The summed E-state index contributed by atoms with van der Waals surface area (Å²) in [5.41, 5.74) is 1.01. The van der Waals surface area contributed by atoms with E-state index in [0.29, 0.717) is 11.3 Å². The molecule has 5 nitrogen and oxygen atoms in total. The van der Waals surface area contributed by atoms with E-state index in [4.69, 9.17) is 0 Å². The summed E-state index contributed by atoms with van der Waals surface area (Å²) >= 11 is 3.30. The SMILES string of the molecule is O=C1NC(=O)N(c2ccc(Br)cc2)C(=O)/C1=C/c1ccccc1. The Bertz CT molecular complexity index is 813. The van der Waals surface area contributed by atoms with Crippen LogP contribution >= 0.6 is 15.9 Å². The van der Waals surface area contributed by atoms with Crippen molar-refractivity contribution >= 4 is 45.5 Å². The molecule has 1 fully saturated rings. The molecular formula is C17H11BrN2O3. The number of imide groups is 2. The van der Waals surface area contributed by atoms with Crippen molar-refractivity contribution in [2.24, 2.45) is 0 Å². The minimum atomic E-state index is -0.757. The van der Waals surface area contributed by atoms with Crippen LogP contribution < -0.4 is 10.2 Å². The highest BCUT2D eigenvalue weighted by Crippen LogP contribution is 2.23. The van der Waals surface area contributed by atoms with E-state index >= 15 is 0 Å². The first-order valence-electron chi connectivity index (χ1n) is 6.78. The largest absolute Gasteiger partial charge is 0.335 e. The first-order valence-corrected chi connectivity index (χ1v) is 7.57. The lowest BCUT2D eigenvalue weighted by Crippen LogP contribution is -2.54. The van der Waals surface area contributed by atoms with Crippen LogP contribution in [-0.4, -0.2) is 17.8 Å². The first kappa shape index (κ1) is 15.2. The molecule has 0 aromatic heterocycles. The number of halogens is 1. The van der Waals surface area contributed by atoms with Crippen molar-refractivity contribution in [3.63, 3.8) is 0 Å². The highest BCUT2D eigenvalue weighted by Gasteiger charge is 2.36. The Hall–Kier alpha value is -2.73. The van der Waals surface area contributed by atoms with Gasteiger partial charge >= 0.3 is 6.03 Å². The van der Waals surface area contributed by atoms with Crippen LogP contribution in [0.25, 0.3) is 6.08 Å². The predicted octanol–water partition coefficient (Wildman–Crippen LogP) is 3.12. The molecule has 1 heterocycles. The van der Waals surface area contributed by atoms with Gasteiger partial charge in [0.25, 0.3) is 11.8 Å². The average molecular weight is 371 g/mol. The summed E-state index contributed by atoms with van der Waals surface area (Å²) in [5, 5.41) is 2.19. The Balaban J connectivity index is 2.01. The second-order valence-corrected chi connectivity index (χ2v) is 5.76. The van der Waals surface area contributed by atoms with Gasteiger partial charge in [0.05, 0.1) is 5.69 Å². The predicted molar refractivity (Wildman–Crippen MR) is 89.6 cm³/mol. The summed E-state index contributed by atoms with van der Waals surface area (Å²) in [6.07, 6.45) is 1.47. The van der Waals surface area contributed by atoms with E-state index in [1.165, 1.54) is 6.08 Å². The van der Waals surface area contributed by atoms with Gasteiger partial charge in [0.1, 0.15) is 5.57 Å². The zero-order valence-electron chi connectivity index (χ0n) is 11.8. The zero-order chi connectivity index (χ0) is 16.4. The third-order valence-electron chi connectivity index (χ3n) is 3.30. The average Bonchev–Trinajstić information content (AvgIpc) is 2.54. The summed E-state index contributed by atoms with van der Waals surface area (Å²) in [5.74, 6) is -1.35. The number of carbonyl (C=O) groups excluding carboxylic acids is 3. The number of carbonyl (C=O) groups is 3. The second-order valence-electron chi connectivity index (χ2n) is 4.84. The molecular weight excluding hydrogens is 360 g/mol. The van der Waals surface area contributed by atoms with Gasteiger partial charge in [0, 0.05) is 4.47 Å². The summed E-state index contributed by atoms with van der Waals surface area (Å²) in [6.45, 7) is 0. The van der Waals surface area contributed by atoms with E-state index < -0.39 is 17.8 Å². The van der Waals surface area contributed by atoms with Gasteiger partial charge in [0.15, 0.2) is 0 Å². The van der Waals surface area contributed by atoms with Crippen LogP contribution in [-0.2, 0) is 9.59 Å². The molecule has 1 aliphatic rings. The van der Waals surface area contributed by atoms with E-state index in [2.05, 4.69) is 21.2 Å². The standard InChI is InChI=1S/C17H11BrN2O3/c18-12-6-8-13(9-7-12)20-16(22)14(15(21)19-17(20)23)10-11-4-2-1-3-5-11/h1-10H,(H,19,21,23)/b14-10+. The normalized spacial score (nSPS) is 16.7. The molecule has 23 heavy (non-hydrogen) atoms.